The molecule has 3 nitrogen and oxygen atoms in total. The van der Waals surface area contributed by atoms with Gasteiger partial charge in [0.05, 0.1) is 0 Å². The zero-order chi connectivity index (χ0) is 34.8. The molecule has 2 aromatic heterocycles. The number of aromatic nitrogens is 3. The van der Waals surface area contributed by atoms with Crippen LogP contribution in [0.1, 0.15) is 25.0 Å². The average molecular weight is 684 g/mol. The van der Waals surface area contributed by atoms with Gasteiger partial charge in [0.25, 0.3) is 0 Å². The molecule has 1 aliphatic carbocycles. The van der Waals surface area contributed by atoms with E-state index in [1.807, 2.05) is 0 Å². The van der Waals surface area contributed by atoms with E-state index in [0.717, 1.165) is 27.8 Å². The van der Waals surface area contributed by atoms with Crippen molar-refractivity contribution in [1.82, 2.24) is 15.0 Å². The van der Waals surface area contributed by atoms with Gasteiger partial charge in [0.2, 0.25) is 0 Å². The fourth-order valence-electron chi connectivity index (χ4n) is 8.10. The lowest BCUT2D eigenvalue weighted by molar-refractivity contribution is 0.661. The van der Waals surface area contributed by atoms with Gasteiger partial charge in [-0.05, 0) is 56.6 Å². The average Bonchev–Trinajstić information content (AvgIpc) is 3.70. The molecule has 0 aliphatic heterocycles. The monoisotopic (exact) mass is 683 g/mol. The Balaban J connectivity index is 1.20. The van der Waals surface area contributed by atoms with Crippen LogP contribution in [0.4, 0.5) is 0 Å². The Bertz CT molecular complexity index is 2810. The van der Waals surface area contributed by atoms with Gasteiger partial charge >= 0.3 is 0 Å². The van der Waals surface area contributed by atoms with Crippen LogP contribution in [0, 0.1) is 0 Å². The number of fused-ring (bicyclic) bond motifs is 6. The summed E-state index contributed by atoms with van der Waals surface area (Å²) in [6.45, 7) is 4.63. The first kappa shape index (κ1) is 30.6. The summed E-state index contributed by atoms with van der Waals surface area (Å²) in [4.78, 5) is 16.0. The molecule has 9 aromatic rings. The van der Waals surface area contributed by atoms with Gasteiger partial charge in [-0.2, -0.15) is 0 Å². The summed E-state index contributed by atoms with van der Waals surface area (Å²) in [6, 6.07) is 58.2. The molecule has 2 heterocycles. The van der Waals surface area contributed by atoms with E-state index in [9.17, 15) is 0 Å². The van der Waals surface area contributed by atoms with E-state index in [0.29, 0.717) is 17.5 Å². The lowest BCUT2D eigenvalue weighted by atomic mass is 9.80. The second kappa shape index (κ2) is 11.9. The van der Waals surface area contributed by atoms with Crippen LogP contribution in [0.25, 0.3) is 87.7 Å². The highest BCUT2D eigenvalue weighted by molar-refractivity contribution is 7.26. The number of rotatable bonds is 5. The molecule has 0 saturated carbocycles. The molecule has 4 heteroatoms. The highest BCUT2D eigenvalue weighted by Crippen LogP contribution is 2.52. The van der Waals surface area contributed by atoms with Crippen molar-refractivity contribution in [2.45, 2.75) is 19.3 Å². The predicted octanol–water partition coefficient (Wildman–Crippen LogP) is 12.9. The first-order valence-electron chi connectivity index (χ1n) is 17.7. The van der Waals surface area contributed by atoms with E-state index in [2.05, 4.69) is 178 Å². The molecule has 0 fully saturated rings. The Kier molecular flexibility index (Phi) is 7.02. The Morgan fingerprint density at radius 3 is 1.71 bits per heavy atom. The van der Waals surface area contributed by atoms with Crippen LogP contribution < -0.4 is 0 Å². The third-order valence-electron chi connectivity index (χ3n) is 10.6. The van der Waals surface area contributed by atoms with E-state index in [4.69, 9.17) is 15.0 Å². The minimum Gasteiger partial charge on any atom is -0.208 e. The second-order valence-corrected chi connectivity index (χ2v) is 15.0. The van der Waals surface area contributed by atoms with Gasteiger partial charge in [-0.25, -0.2) is 15.0 Å². The highest BCUT2D eigenvalue weighted by atomic mass is 32.1. The van der Waals surface area contributed by atoms with Crippen molar-refractivity contribution in [1.29, 1.82) is 0 Å². The lowest BCUT2D eigenvalue weighted by Gasteiger charge is -2.24. The standard InChI is InChI=1S/C48H33N3S/c1-48(2)41-24-10-8-17-34(41)36-20-12-22-39(43(36)48)46-49-45(50-47(51-46)40-23-13-21-37-35-18-9-11-25-42(35)52-44(37)40)38-19-7-6-16-33(38)32-28-26-31(27-29-32)30-14-4-3-5-15-30/h3-29H,1-2H3. The quantitative estimate of drug-likeness (QED) is 0.181. The molecule has 1 aliphatic rings. The first-order valence-corrected chi connectivity index (χ1v) is 18.5. The van der Waals surface area contributed by atoms with Gasteiger partial charge in [0.15, 0.2) is 17.5 Å². The van der Waals surface area contributed by atoms with E-state index in [1.165, 1.54) is 53.6 Å². The summed E-state index contributed by atoms with van der Waals surface area (Å²) in [5.41, 5.74) is 12.5. The van der Waals surface area contributed by atoms with Gasteiger partial charge in [0, 0.05) is 42.3 Å². The normalized spacial score (nSPS) is 13.0. The maximum Gasteiger partial charge on any atom is 0.165 e. The van der Waals surface area contributed by atoms with Crippen LogP contribution in [0.2, 0.25) is 0 Å². The third kappa shape index (κ3) is 4.83. The summed E-state index contributed by atoms with van der Waals surface area (Å²) in [5.74, 6) is 2.02. The Hall–Kier alpha value is -6.23. The predicted molar refractivity (Wildman–Crippen MR) is 217 cm³/mol. The molecule has 246 valence electrons. The molecule has 0 unspecified atom stereocenters. The van der Waals surface area contributed by atoms with Crippen molar-refractivity contribution in [3.8, 4) is 67.5 Å². The number of thiophene rings is 1. The Morgan fingerprint density at radius 2 is 0.904 bits per heavy atom. The molecule has 10 rings (SSSR count). The molecular weight excluding hydrogens is 651 g/mol. The van der Waals surface area contributed by atoms with Crippen LogP contribution in [0.15, 0.2) is 164 Å². The number of benzene rings is 7. The van der Waals surface area contributed by atoms with Crippen molar-refractivity contribution in [2.24, 2.45) is 0 Å². The van der Waals surface area contributed by atoms with Crippen molar-refractivity contribution in [2.75, 3.05) is 0 Å². The number of nitrogens with zero attached hydrogens (tertiary/aromatic N) is 3. The number of hydrogen-bond donors (Lipinski definition) is 0. The van der Waals surface area contributed by atoms with Crippen molar-refractivity contribution in [3.05, 3.63) is 175 Å². The maximum atomic E-state index is 5.36. The SMILES string of the molecule is CC1(C)c2ccccc2-c2cccc(-c3nc(-c4ccccc4-c4ccc(-c5ccccc5)cc4)nc(-c4cccc5c4sc4ccccc45)n3)c21. The van der Waals surface area contributed by atoms with E-state index >= 15 is 0 Å². The van der Waals surface area contributed by atoms with Crippen LogP contribution in [0.3, 0.4) is 0 Å². The van der Waals surface area contributed by atoms with Gasteiger partial charge in [0.1, 0.15) is 0 Å². The zero-order valence-corrected chi connectivity index (χ0v) is 29.7. The lowest BCUT2D eigenvalue weighted by Crippen LogP contribution is -2.17. The Morgan fingerprint density at radius 1 is 0.385 bits per heavy atom. The highest BCUT2D eigenvalue weighted by Gasteiger charge is 2.38. The summed E-state index contributed by atoms with van der Waals surface area (Å²) >= 11 is 1.80. The fraction of sp³-hybridized carbons (Fsp3) is 0.0625. The molecule has 0 N–H and O–H groups in total. The van der Waals surface area contributed by atoms with Crippen molar-refractivity contribution >= 4 is 31.5 Å². The third-order valence-corrected chi connectivity index (χ3v) is 11.8. The smallest absolute Gasteiger partial charge is 0.165 e. The fourth-order valence-corrected chi connectivity index (χ4v) is 9.31. The molecule has 0 atom stereocenters. The molecule has 0 radical (unpaired) electrons. The molecule has 0 amide bonds. The maximum absolute atomic E-state index is 5.36. The summed E-state index contributed by atoms with van der Waals surface area (Å²) in [7, 11) is 0. The van der Waals surface area contributed by atoms with Crippen LogP contribution >= 0.6 is 11.3 Å². The number of hydrogen-bond acceptors (Lipinski definition) is 4. The summed E-state index contributed by atoms with van der Waals surface area (Å²) in [5, 5.41) is 2.47. The van der Waals surface area contributed by atoms with E-state index in [1.54, 1.807) is 11.3 Å². The van der Waals surface area contributed by atoms with E-state index in [-0.39, 0.29) is 5.41 Å². The molecule has 0 saturated heterocycles. The summed E-state index contributed by atoms with van der Waals surface area (Å²) in [6.07, 6.45) is 0. The molecule has 0 spiro atoms. The first-order chi connectivity index (χ1) is 25.5. The van der Waals surface area contributed by atoms with Crippen LogP contribution in [-0.2, 0) is 5.41 Å². The topological polar surface area (TPSA) is 38.7 Å². The van der Waals surface area contributed by atoms with Gasteiger partial charge in [-0.3, -0.25) is 0 Å². The van der Waals surface area contributed by atoms with Crippen molar-refractivity contribution < 1.29 is 0 Å². The minimum atomic E-state index is -0.223. The summed E-state index contributed by atoms with van der Waals surface area (Å²) < 4.78 is 2.44. The molecular formula is C48H33N3S. The van der Waals surface area contributed by atoms with E-state index < -0.39 is 0 Å². The minimum absolute atomic E-state index is 0.223. The molecule has 0 bridgehead atoms. The zero-order valence-electron chi connectivity index (χ0n) is 28.8. The van der Waals surface area contributed by atoms with Crippen LogP contribution in [0.5, 0.6) is 0 Å². The van der Waals surface area contributed by atoms with Crippen LogP contribution in [-0.4, -0.2) is 15.0 Å². The molecule has 52 heavy (non-hydrogen) atoms. The van der Waals surface area contributed by atoms with Crippen molar-refractivity contribution in [3.63, 3.8) is 0 Å². The second-order valence-electron chi connectivity index (χ2n) is 14.0. The van der Waals surface area contributed by atoms with Gasteiger partial charge in [-0.15, -0.1) is 11.3 Å². The van der Waals surface area contributed by atoms with Gasteiger partial charge in [-0.1, -0.05) is 166 Å². The van der Waals surface area contributed by atoms with Gasteiger partial charge < -0.3 is 0 Å². The molecule has 7 aromatic carbocycles. The largest absolute Gasteiger partial charge is 0.208 e. The Labute approximate surface area is 307 Å².